The molecule has 0 spiro atoms. The van der Waals surface area contributed by atoms with Crippen LogP contribution >= 0.6 is 47.2 Å². The SMILES string of the molecule is Cc1c(/C=C2\SC(=S)N(CC(=O)O)C2=O)c2ccccc2n1Cc1ccc(Cl)cc1Cl. The average molecular weight is 491 g/mol. The Bertz CT molecular complexity index is 1280. The molecule has 1 aromatic heterocycles. The molecule has 1 saturated heterocycles. The molecule has 0 bridgehead atoms. The van der Waals surface area contributed by atoms with Gasteiger partial charge in [0.2, 0.25) is 0 Å². The maximum absolute atomic E-state index is 12.7. The molecule has 2 aromatic carbocycles. The van der Waals surface area contributed by atoms with Crippen molar-refractivity contribution in [2.45, 2.75) is 13.5 Å². The van der Waals surface area contributed by atoms with E-state index in [-0.39, 0.29) is 4.32 Å². The van der Waals surface area contributed by atoms with E-state index in [1.165, 1.54) is 0 Å². The van der Waals surface area contributed by atoms with E-state index in [9.17, 15) is 9.59 Å². The van der Waals surface area contributed by atoms with Crippen molar-refractivity contribution in [2.24, 2.45) is 0 Å². The fraction of sp³-hybridized carbons (Fsp3) is 0.136. The van der Waals surface area contributed by atoms with E-state index >= 15 is 0 Å². The number of rotatable bonds is 5. The number of carbonyl (C=O) groups is 2. The van der Waals surface area contributed by atoms with Crippen molar-refractivity contribution in [1.29, 1.82) is 0 Å². The van der Waals surface area contributed by atoms with Crippen LogP contribution in [0.25, 0.3) is 17.0 Å². The molecule has 5 nitrogen and oxygen atoms in total. The zero-order chi connectivity index (χ0) is 22.3. The van der Waals surface area contributed by atoms with Crippen LogP contribution in [-0.2, 0) is 16.1 Å². The van der Waals surface area contributed by atoms with Crippen LogP contribution in [-0.4, -0.2) is 37.3 Å². The first-order valence-corrected chi connectivity index (χ1v) is 11.2. The molecular formula is C22H16Cl2N2O3S2. The Hall–Kier alpha value is -2.32. The average Bonchev–Trinajstić information content (AvgIpc) is 3.13. The lowest BCUT2D eigenvalue weighted by Gasteiger charge is -2.11. The molecule has 2 heterocycles. The third kappa shape index (κ3) is 4.23. The molecule has 1 amide bonds. The van der Waals surface area contributed by atoms with E-state index in [1.807, 2.05) is 37.3 Å². The maximum atomic E-state index is 12.7. The van der Waals surface area contributed by atoms with Crippen molar-refractivity contribution in [3.05, 3.63) is 74.2 Å². The number of aliphatic carboxylic acids is 1. The monoisotopic (exact) mass is 490 g/mol. The highest BCUT2D eigenvalue weighted by Gasteiger charge is 2.33. The summed E-state index contributed by atoms with van der Waals surface area (Å²) in [6.45, 7) is 2.07. The van der Waals surface area contributed by atoms with Gasteiger partial charge in [-0.05, 0) is 36.8 Å². The van der Waals surface area contributed by atoms with Crippen molar-refractivity contribution >= 4 is 80.4 Å². The fourth-order valence-electron chi connectivity index (χ4n) is 3.57. The van der Waals surface area contributed by atoms with Crippen LogP contribution in [0.15, 0.2) is 47.4 Å². The lowest BCUT2D eigenvalue weighted by atomic mass is 10.1. The lowest BCUT2D eigenvalue weighted by molar-refractivity contribution is -0.140. The van der Waals surface area contributed by atoms with Crippen LogP contribution < -0.4 is 0 Å². The second-order valence-corrected chi connectivity index (χ2v) is 9.52. The first kappa shape index (κ1) is 21.9. The van der Waals surface area contributed by atoms with Gasteiger partial charge < -0.3 is 9.67 Å². The smallest absolute Gasteiger partial charge is 0.323 e. The van der Waals surface area contributed by atoms with E-state index in [4.69, 9.17) is 40.5 Å². The summed E-state index contributed by atoms with van der Waals surface area (Å²) in [5.74, 6) is -1.50. The number of hydrogen-bond acceptors (Lipinski definition) is 4. The highest BCUT2D eigenvalue weighted by Crippen LogP contribution is 2.36. The normalized spacial score (nSPS) is 15.5. The molecule has 0 saturated carbocycles. The second-order valence-electron chi connectivity index (χ2n) is 7.00. The maximum Gasteiger partial charge on any atom is 0.323 e. The third-order valence-electron chi connectivity index (χ3n) is 5.07. The van der Waals surface area contributed by atoms with E-state index in [1.54, 1.807) is 18.2 Å². The number of halogens is 2. The predicted molar refractivity (Wildman–Crippen MR) is 130 cm³/mol. The molecular weight excluding hydrogens is 475 g/mol. The summed E-state index contributed by atoms with van der Waals surface area (Å²) in [6, 6.07) is 13.3. The summed E-state index contributed by atoms with van der Waals surface area (Å²) in [6.07, 6.45) is 1.79. The molecule has 158 valence electrons. The number of nitrogens with zero attached hydrogens (tertiary/aromatic N) is 2. The number of carboxylic acid groups (broad SMARTS) is 1. The number of aromatic nitrogens is 1. The number of fused-ring (bicyclic) bond motifs is 1. The van der Waals surface area contributed by atoms with Crippen LogP contribution in [0.4, 0.5) is 0 Å². The highest BCUT2D eigenvalue weighted by atomic mass is 35.5. The lowest BCUT2D eigenvalue weighted by Crippen LogP contribution is -2.33. The summed E-state index contributed by atoms with van der Waals surface area (Å²) >= 11 is 18.7. The Morgan fingerprint density at radius 3 is 2.68 bits per heavy atom. The molecule has 1 fully saturated rings. The highest BCUT2D eigenvalue weighted by molar-refractivity contribution is 8.26. The Morgan fingerprint density at radius 1 is 1.23 bits per heavy atom. The molecule has 4 rings (SSSR count). The summed E-state index contributed by atoms with van der Waals surface area (Å²) in [4.78, 5) is 25.3. The van der Waals surface area contributed by atoms with Crippen molar-refractivity contribution in [3.8, 4) is 0 Å². The minimum atomic E-state index is -1.11. The van der Waals surface area contributed by atoms with Gasteiger partial charge in [0.15, 0.2) is 0 Å². The standard InChI is InChI=1S/C22H16Cl2N2O3S2/c1-12-16(9-19-21(29)26(11-20(27)28)22(30)31-19)15-4-2-3-5-18(15)25(12)10-13-6-7-14(23)8-17(13)24/h2-9H,10-11H2,1H3,(H,27,28)/b19-9-. The van der Waals surface area contributed by atoms with Gasteiger partial charge >= 0.3 is 5.97 Å². The summed E-state index contributed by atoms with van der Waals surface area (Å²) in [5.41, 5.74) is 3.76. The van der Waals surface area contributed by atoms with Gasteiger partial charge in [0.25, 0.3) is 5.91 Å². The zero-order valence-corrected chi connectivity index (χ0v) is 19.4. The van der Waals surface area contributed by atoms with Gasteiger partial charge in [-0.1, -0.05) is 71.4 Å². The van der Waals surface area contributed by atoms with Crippen molar-refractivity contribution < 1.29 is 14.7 Å². The number of carboxylic acids is 1. The number of amides is 1. The van der Waals surface area contributed by atoms with Gasteiger partial charge in [-0.2, -0.15) is 0 Å². The fourth-order valence-corrected chi connectivity index (χ4v) is 5.27. The quantitative estimate of drug-likeness (QED) is 0.373. The number of hydrogen-bond donors (Lipinski definition) is 1. The van der Waals surface area contributed by atoms with E-state index < -0.39 is 18.4 Å². The van der Waals surface area contributed by atoms with E-state index in [2.05, 4.69) is 4.57 Å². The molecule has 1 aliphatic heterocycles. The van der Waals surface area contributed by atoms with Crippen molar-refractivity contribution in [2.75, 3.05) is 6.54 Å². The number of benzene rings is 2. The Kier molecular flexibility index (Phi) is 6.12. The first-order valence-electron chi connectivity index (χ1n) is 9.25. The molecule has 0 atom stereocenters. The van der Waals surface area contributed by atoms with Crippen molar-refractivity contribution in [3.63, 3.8) is 0 Å². The molecule has 0 unspecified atom stereocenters. The van der Waals surface area contributed by atoms with E-state index in [0.29, 0.717) is 21.5 Å². The largest absolute Gasteiger partial charge is 0.480 e. The minimum Gasteiger partial charge on any atom is -0.480 e. The summed E-state index contributed by atoms with van der Waals surface area (Å²) < 4.78 is 2.38. The predicted octanol–water partition coefficient (Wildman–Crippen LogP) is 5.59. The van der Waals surface area contributed by atoms with Gasteiger partial charge in [-0.3, -0.25) is 14.5 Å². The molecule has 31 heavy (non-hydrogen) atoms. The van der Waals surface area contributed by atoms with Gasteiger partial charge in [0.1, 0.15) is 10.9 Å². The molecule has 0 radical (unpaired) electrons. The van der Waals surface area contributed by atoms with Crippen LogP contribution in [0.5, 0.6) is 0 Å². The molecule has 0 aliphatic carbocycles. The summed E-state index contributed by atoms with van der Waals surface area (Å²) in [7, 11) is 0. The second kappa shape index (κ2) is 8.67. The van der Waals surface area contributed by atoms with Crippen LogP contribution in [0.1, 0.15) is 16.8 Å². The molecule has 1 aliphatic rings. The van der Waals surface area contributed by atoms with Gasteiger partial charge in [0.05, 0.1) is 4.91 Å². The number of carbonyl (C=O) groups excluding carboxylic acids is 1. The number of para-hydroxylation sites is 1. The Balaban J connectivity index is 1.79. The van der Waals surface area contributed by atoms with Gasteiger partial charge in [-0.15, -0.1) is 0 Å². The van der Waals surface area contributed by atoms with Crippen LogP contribution in [0, 0.1) is 6.92 Å². The van der Waals surface area contributed by atoms with Gasteiger partial charge in [0, 0.05) is 38.8 Å². The molecule has 3 aromatic rings. The Labute approximate surface area is 198 Å². The van der Waals surface area contributed by atoms with Gasteiger partial charge in [-0.25, -0.2) is 0 Å². The summed E-state index contributed by atoms with van der Waals surface area (Å²) in [5, 5.41) is 11.2. The number of thioether (sulfide) groups is 1. The Morgan fingerprint density at radius 2 is 1.97 bits per heavy atom. The number of thiocarbonyl (C=S) groups is 1. The molecule has 9 heteroatoms. The minimum absolute atomic E-state index is 0.244. The van der Waals surface area contributed by atoms with Crippen molar-refractivity contribution in [1.82, 2.24) is 9.47 Å². The first-order chi connectivity index (χ1) is 14.8. The zero-order valence-electron chi connectivity index (χ0n) is 16.3. The molecule has 1 N–H and O–H groups in total. The van der Waals surface area contributed by atoms with Crippen LogP contribution in [0.2, 0.25) is 10.0 Å². The topological polar surface area (TPSA) is 62.5 Å². The third-order valence-corrected chi connectivity index (χ3v) is 7.03. The van der Waals surface area contributed by atoms with Crippen LogP contribution in [0.3, 0.4) is 0 Å². The van der Waals surface area contributed by atoms with E-state index in [0.717, 1.165) is 44.4 Å².